The van der Waals surface area contributed by atoms with Crippen molar-refractivity contribution in [2.45, 2.75) is 222 Å². The molecule has 9 aromatic heterocycles. The second-order valence-corrected chi connectivity index (χ2v) is 50.7. The van der Waals surface area contributed by atoms with Gasteiger partial charge in [0.25, 0.3) is 5.91 Å². The number of nitriles is 4. The van der Waals surface area contributed by atoms with Gasteiger partial charge in [-0.2, -0.15) is 86.9 Å². The molecule has 4 fully saturated rings. The molecular weight excluding hydrogens is 2340 g/mol. The normalized spacial score (nSPS) is 14.2. The van der Waals surface area contributed by atoms with Crippen LogP contribution in [0.5, 0.6) is 0 Å². The summed E-state index contributed by atoms with van der Waals surface area (Å²) in [4.78, 5) is 95.5. The number of aliphatic hydroxyl groups is 1. The van der Waals surface area contributed by atoms with Gasteiger partial charge in [-0.25, -0.2) is 34.3 Å². The second kappa shape index (κ2) is 67.4. The number of pyridine rings is 7. The predicted octanol–water partition coefficient (Wildman–Crippen LogP) is 28.9. The Morgan fingerprint density at radius 2 is 0.736 bits per heavy atom. The summed E-state index contributed by atoms with van der Waals surface area (Å²) in [5.74, 6) is -1.13. The molecule has 0 bridgehead atoms. The Morgan fingerprint density at radius 1 is 0.446 bits per heavy atom. The van der Waals surface area contributed by atoms with Crippen LogP contribution in [0.25, 0.3) is 22.8 Å². The molecule has 51 heteroatoms. The third kappa shape index (κ3) is 51.2. The lowest BCUT2D eigenvalue weighted by Crippen LogP contribution is -2.45. The third-order valence-corrected chi connectivity index (χ3v) is 20.9. The molecule has 4 aliphatic heterocycles. The molecule has 27 nitrogen and oxygen atoms in total. The van der Waals surface area contributed by atoms with Crippen LogP contribution < -0.4 is 5.32 Å². The number of aliphatic hydroxyl groups excluding tert-OH is 1. The van der Waals surface area contributed by atoms with Gasteiger partial charge in [0, 0.05) is 143 Å². The number of nitrogens with zero attached hydrogens (tertiary/aromatic N) is 18. The Labute approximate surface area is 908 Å². The highest BCUT2D eigenvalue weighted by Gasteiger charge is 2.42. The summed E-state index contributed by atoms with van der Waals surface area (Å²) in [7, 11) is 0. The summed E-state index contributed by atoms with van der Waals surface area (Å²) in [5, 5.41) is 58.5. The van der Waals surface area contributed by atoms with Gasteiger partial charge >= 0.3 is 49.0 Å². The quantitative estimate of drug-likeness (QED) is 0.0581. The van der Waals surface area contributed by atoms with Crippen molar-refractivity contribution in [1.29, 1.82) is 21.0 Å². The third-order valence-electron chi connectivity index (χ3n) is 20.3. The van der Waals surface area contributed by atoms with E-state index in [1.165, 1.54) is 49.2 Å². The van der Waals surface area contributed by atoms with E-state index in [-0.39, 0.29) is 117 Å². The van der Waals surface area contributed by atoms with Gasteiger partial charge in [0.2, 0.25) is 0 Å². The first-order valence-electron chi connectivity index (χ1n) is 41.7. The van der Waals surface area contributed by atoms with E-state index in [1.54, 1.807) is 84.4 Å². The number of aromatic carboxylic acids is 1. The Hall–Kier alpha value is -9.97. The van der Waals surface area contributed by atoms with Gasteiger partial charge < -0.3 is 39.7 Å². The number of carboxylic acid groups (broad SMARTS) is 1. The fraction of sp³-hybridized carbons (Fsp3) is 0.474. The van der Waals surface area contributed by atoms with E-state index in [4.69, 9.17) is 59.8 Å². The minimum atomic E-state index is -4.46. The number of hydrogen-bond donors (Lipinski definition) is 3. The summed E-state index contributed by atoms with van der Waals surface area (Å²) >= 11 is 27.0. The maximum Gasteiger partial charge on any atom is 0.417 e. The van der Waals surface area contributed by atoms with Gasteiger partial charge in [0.15, 0.2) is 4.30 Å². The first-order chi connectivity index (χ1) is 65.4. The Morgan fingerprint density at radius 3 is 1.00 bits per heavy atom. The van der Waals surface area contributed by atoms with E-state index in [1.807, 2.05) is 20.8 Å². The van der Waals surface area contributed by atoms with E-state index in [0.29, 0.717) is 147 Å². The maximum absolute atomic E-state index is 13.2. The predicted molar refractivity (Wildman–Crippen MR) is 557 cm³/mol. The number of rotatable bonds is 12. The summed E-state index contributed by atoms with van der Waals surface area (Å²) in [6.45, 7) is 14.7. The lowest BCUT2D eigenvalue weighted by Gasteiger charge is -2.37. The van der Waals surface area contributed by atoms with E-state index in [9.17, 15) is 101 Å². The second-order valence-electron chi connectivity index (χ2n) is 32.8. The van der Waals surface area contributed by atoms with Crippen LogP contribution in [-0.4, -0.2) is 172 Å². The lowest BCUT2D eigenvalue weighted by atomic mass is 9.76. The SMILES string of the molecule is BrP(Br)Br.C.C.C.C.C.C.C.CC(C)(C)OC(=O)N1CCC(C#N)(Cc2ccc(C(F)(F)F)cn2)CC1.CC(C)(C)OC(=O)N1CCC(C#N)CC1.Cl.ClC(Cl)Cl.FC(F)(F)c1ccc(CBr)nc1.N#CC1(Cc2ccc(C(F)(F)F)cn2)CCN(C(=O)c2cccnc2-c2ccncn2)CC1.N#CC1(Cc2ccc(C(F)(F)F)cn2)CCNCC1.O=C(O)c1cccnc1-c1ccncn1.OCc1ccc(C(F)(F)F)cn1. The number of hydrogen-bond acceptors (Lipinski definition) is 23. The summed E-state index contributed by atoms with van der Waals surface area (Å²) < 4.78 is 195. The van der Waals surface area contributed by atoms with Gasteiger partial charge in [-0.1, -0.05) is 103 Å². The Balaban J connectivity index is -0.000000821. The first-order valence-corrected chi connectivity index (χ1v) is 51.5. The number of carbonyl (C=O) groups excluding carboxylic acids is 3. The molecule has 818 valence electrons. The van der Waals surface area contributed by atoms with Gasteiger partial charge in [0.1, 0.15) is 39.3 Å². The van der Waals surface area contributed by atoms with Crippen LogP contribution in [0.1, 0.15) is 222 Å². The molecule has 0 radical (unpaired) electrons. The standard InChI is InChI=1S/C23H19F3N6O.C18H22F3N3O2.C13H14F3N3.C11H18N2O2.C10H7N3O2.C7H5BrF3N.C7H6F3NO.CHCl3.7CH4.Br3P.ClH/c24-23(25,26)16-3-4-17(30-13-16)12-22(14-27)6-10-32(11-7-22)21(33)18-2-1-8-29-20(18)19-5-9-28-15-31-19;1-16(2,3)26-15(25)24-8-6-17(12-22,7-9-24)10-14-5-4-13(11-23-14)18(19,20)21;14-13(15,16)10-1-2-11(19-8-10)7-12(9-17)3-5-18-6-4-12;1-11(2,3)15-10(14)13-6-4-9(8-12)5-7-13;14-10(15)7-2-1-4-12-9(7)8-3-5-11-6-13-8;8-3-6-2-1-5(4-12-6)7(9,10)11;8-7(9,10)5-1-2-6(4-12)11-3-5;2-1(3)4;;;;;;;;1-4(2)3;/h1-5,8-9,13,15H,6-7,10-12H2;4-5,11H,6-10H2,1-3H3;1-2,8,18H,3-7H2;9H,4-7H2,1-3H3;1-6H,(H,14,15);1-2,4H,3H2;1-3,12H,4H2;1H;7*1H4;;1H. The minimum Gasteiger partial charge on any atom is -0.478 e. The van der Waals surface area contributed by atoms with Crippen molar-refractivity contribution in [2.24, 2.45) is 22.2 Å². The van der Waals surface area contributed by atoms with Gasteiger partial charge in [-0.05, 0) is 250 Å². The number of alkyl halides is 19. The van der Waals surface area contributed by atoms with Crippen molar-refractivity contribution in [3.8, 4) is 47.1 Å². The number of aromatic nitrogens is 11. The van der Waals surface area contributed by atoms with Crippen LogP contribution in [0.15, 0.2) is 165 Å². The van der Waals surface area contributed by atoms with Gasteiger partial charge in [-0.3, -0.25) is 39.7 Å². The van der Waals surface area contributed by atoms with Gasteiger partial charge in [0.05, 0.1) is 109 Å². The number of ether oxygens (including phenoxy) is 2. The van der Waals surface area contributed by atoms with Crippen LogP contribution in [0.3, 0.4) is 0 Å². The zero-order chi connectivity index (χ0) is 105. The summed E-state index contributed by atoms with van der Waals surface area (Å²) in [6, 6.07) is 30.2. The van der Waals surface area contributed by atoms with Crippen LogP contribution in [0, 0.1) is 67.5 Å². The van der Waals surface area contributed by atoms with E-state index in [2.05, 4.69) is 147 Å². The molecule has 0 aromatic carbocycles. The van der Waals surface area contributed by atoms with Crippen molar-refractivity contribution < 1.29 is 105 Å². The van der Waals surface area contributed by atoms with E-state index in [0.717, 1.165) is 87.1 Å². The lowest BCUT2D eigenvalue weighted by molar-refractivity contribution is -0.138. The molecule has 0 aliphatic carbocycles. The molecule has 13 rings (SSSR count). The number of carbonyl (C=O) groups is 4. The van der Waals surface area contributed by atoms with Gasteiger partial charge in [-0.15, -0.1) is 12.4 Å². The molecule has 9 aromatic rings. The highest BCUT2D eigenvalue weighted by atomic mass is 80.0. The molecule has 0 unspecified atom stereocenters. The van der Waals surface area contributed by atoms with Crippen LogP contribution >= 0.6 is 114 Å². The first kappa shape index (κ1) is 144. The highest BCUT2D eigenvalue weighted by Crippen LogP contribution is 2.59. The Kier molecular flexibility index (Phi) is 65.7. The molecule has 0 spiro atoms. The number of amides is 3. The molecule has 0 atom stereocenters. The Bertz CT molecular complexity index is 5480. The molecule has 3 N–H and O–H groups in total. The average Bonchev–Trinajstić information content (AvgIpc) is 0.794. The maximum atomic E-state index is 13.2. The monoisotopic (exact) mass is 2450 g/mol. The molecule has 13 heterocycles. The molecule has 4 aliphatic rings. The number of piperidine rings is 4. The van der Waals surface area contributed by atoms with Crippen molar-refractivity contribution >= 4 is 138 Å². The molecule has 3 amide bonds. The number of halogens is 23. The average molecular weight is 2460 g/mol. The fourth-order valence-electron chi connectivity index (χ4n) is 13.1. The van der Waals surface area contributed by atoms with Crippen LogP contribution in [-0.2, 0) is 71.6 Å². The van der Waals surface area contributed by atoms with E-state index < -0.39 is 103 Å². The number of carboxylic acids is 1. The summed E-state index contributed by atoms with van der Waals surface area (Å²) in [6.07, 6.45) is -4.25. The fourth-order valence-corrected chi connectivity index (χ4v) is 13.4. The van der Waals surface area contributed by atoms with Crippen molar-refractivity contribution in [3.63, 3.8) is 0 Å². The van der Waals surface area contributed by atoms with E-state index >= 15 is 0 Å². The van der Waals surface area contributed by atoms with Crippen LogP contribution in [0.2, 0.25) is 0 Å². The van der Waals surface area contributed by atoms with Crippen molar-refractivity contribution in [1.82, 2.24) is 74.8 Å². The highest BCUT2D eigenvalue weighted by molar-refractivity contribution is 9.93. The molecular formula is C97H121Br4Cl4F15N19O8P. The minimum absolute atomic E-state index is 0. The topological polar surface area (TPSA) is 386 Å². The van der Waals surface area contributed by atoms with Crippen molar-refractivity contribution in [2.75, 3.05) is 52.4 Å². The molecule has 4 saturated heterocycles. The molecule has 0 saturated carbocycles. The van der Waals surface area contributed by atoms with Crippen molar-refractivity contribution in [3.05, 3.63) is 233 Å². The summed E-state index contributed by atoms with van der Waals surface area (Å²) in [5.41, 5.74) is -2.40. The zero-order valence-electron chi connectivity index (χ0n) is 75.7. The number of nitrogens with one attached hydrogen (secondary N) is 1. The zero-order valence-corrected chi connectivity index (χ0v) is 86.0. The number of likely N-dealkylation sites (tertiary alicyclic amines) is 3. The van der Waals surface area contributed by atoms with Crippen LogP contribution in [0.4, 0.5) is 75.4 Å². The molecule has 148 heavy (non-hydrogen) atoms. The smallest absolute Gasteiger partial charge is 0.417 e. The largest absolute Gasteiger partial charge is 0.478 e.